The third-order valence-electron chi connectivity index (χ3n) is 2.85. The minimum atomic E-state index is -0.0172. The van der Waals surface area contributed by atoms with Gasteiger partial charge in [-0.15, -0.1) is 5.10 Å². The zero-order valence-electron chi connectivity index (χ0n) is 11.7. The topological polar surface area (TPSA) is 76.1 Å². The average molecular weight is 264 g/mol. The summed E-state index contributed by atoms with van der Waals surface area (Å²) in [6.07, 6.45) is 0. The molecule has 2 unspecified atom stereocenters. The molecule has 0 radical (unpaired) electrons. The van der Waals surface area contributed by atoms with Crippen molar-refractivity contribution in [2.75, 3.05) is 11.9 Å². The van der Waals surface area contributed by atoms with Crippen LogP contribution in [0, 0.1) is 6.92 Å². The summed E-state index contributed by atoms with van der Waals surface area (Å²) in [5.74, 6) is 2.31. The number of furan rings is 1. The maximum atomic E-state index is 5.56. The van der Waals surface area contributed by atoms with E-state index < -0.39 is 0 Å². The first-order chi connectivity index (χ1) is 9.10. The molecule has 0 bridgehead atoms. The van der Waals surface area contributed by atoms with Crippen LogP contribution in [0.25, 0.3) is 0 Å². The van der Waals surface area contributed by atoms with E-state index in [4.69, 9.17) is 8.83 Å². The molecule has 2 aromatic heterocycles. The molecule has 0 aromatic carbocycles. The van der Waals surface area contributed by atoms with Gasteiger partial charge in [-0.3, -0.25) is 0 Å². The third kappa shape index (κ3) is 3.35. The SMILES string of the molecule is CCNC(C)c1nnc(NC(C)c2ccc(C)o2)o1. The first-order valence-corrected chi connectivity index (χ1v) is 6.49. The van der Waals surface area contributed by atoms with E-state index >= 15 is 0 Å². The highest BCUT2D eigenvalue weighted by molar-refractivity contribution is 5.24. The molecule has 104 valence electrons. The first kappa shape index (κ1) is 13.6. The summed E-state index contributed by atoms with van der Waals surface area (Å²) in [7, 11) is 0. The van der Waals surface area contributed by atoms with Crippen molar-refractivity contribution >= 4 is 6.01 Å². The molecule has 2 rings (SSSR count). The van der Waals surface area contributed by atoms with Gasteiger partial charge in [-0.1, -0.05) is 12.0 Å². The summed E-state index contributed by atoms with van der Waals surface area (Å²) in [4.78, 5) is 0. The van der Waals surface area contributed by atoms with Crippen molar-refractivity contribution < 1.29 is 8.83 Å². The Labute approximate surface area is 112 Å². The van der Waals surface area contributed by atoms with E-state index in [0.29, 0.717) is 11.9 Å². The molecule has 2 heterocycles. The maximum Gasteiger partial charge on any atom is 0.316 e. The smallest absolute Gasteiger partial charge is 0.316 e. The minimum Gasteiger partial charge on any atom is -0.464 e. The molecule has 0 saturated carbocycles. The van der Waals surface area contributed by atoms with Gasteiger partial charge in [-0.2, -0.15) is 0 Å². The second-order valence-corrected chi connectivity index (χ2v) is 4.54. The van der Waals surface area contributed by atoms with Crippen LogP contribution in [0.2, 0.25) is 0 Å². The Morgan fingerprint density at radius 1 is 1.16 bits per heavy atom. The van der Waals surface area contributed by atoms with E-state index in [9.17, 15) is 0 Å². The van der Waals surface area contributed by atoms with Gasteiger partial charge in [0.05, 0.1) is 12.1 Å². The second-order valence-electron chi connectivity index (χ2n) is 4.54. The summed E-state index contributed by atoms with van der Waals surface area (Å²) in [5, 5.41) is 14.3. The maximum absolute atomic E-state index is 5.56. The molecule has 0 aliphatic carbocycles. The van der Waals surface area contributed by atoms with Crippen molar-refractivity contribution in [3.63, 3.8) is 0 Å². The molecule has 0 saturated heterocycles. The number of hydrogen-bond acceptors (Lipinski definition) is 6. The second kappa shape index (κ2) is 5.88. The molecule has 0 aliphatic rings. The number of hydrogen-bond donors (Lipinski definition) is 2. The molecule has 0 aliphatic heterocycles. The molecule has 0 amide bonds. The lowest BCUT2D eigenvalue weighted by Gasteiger charge is -2.09. The zero-order valence-corrected chi connectivity index (χ0v) is 11.7. The van der Waals surface area contributed by atoms with Gasteiger partial charge in [-0.05, 0) is 39.4 Å². The standard InChI is InChI=1S/C13H20N4O2/c1-5-14-10(4)12-16-17-13(19-12)15-9(3)11-7-6-8(2)18-11/h6-7,9-10,14H,5H2,1-4H3,(H,15,17). The summed E-state index contributed by atoms with van der Waals surface area (Å²) in [6, 6.07) is 4.30. The predicted octanol–water partition coefficient (Wildman–Crippen LogP) is 2.81. The van der Waals surface area contributed by atoms with Gasteiger partial charge >= 0.3 is 6.01 Å². The number of nitrogens with one attached hydrogen (secondary N) is 2. The van der Waals surface area contributed by atoms with E-state index in [2.05, 4.69) is 20.8 Å². The van der Waals surface area contributed by atoms with Gasteiger partial charge < -0.3 is 19.5 Å². The number of rotatable bonds is 6. The van der Waals surface area contributed by atoms with E-state index in [0.717, 1.165) is 18.1 Å². The fourth-order valence-electron chi connectivity index (χ4n) is 1.80. The Kier molecular flexibility index (Phi) is 4.21. The lowest BCUT2D eigenvalue weighted by molar-refractivity contribution is 0.421. The van der Waals surface area contributed by atoms with Gasteiger partial charge in [0.15, 0.2) is 0 Å². The normalized spacial score (nSPS) is 14.3. The fourth-order valence-corrected chi connectivity index (χ4v) is 1.80. The molecule has 2 aromatic rings. The van der Waals surface area contributed by atoms with Gasteiger partial charge in [0.25, 0.3) is 0 Å². The molecule has 0 fully saturated rings. The van der Waals surface area contributed by atoms with Crippen LogP contribution in [0.1, 0.15) is 50.3 Å². The van der Waals surface area contributed by atoms with E-state index in [1.807, 2.05) is 39.8 Å². The summed E-state index contributed by atoms with van der Waals surface area (Å²) in [5.41, 5.74) is 0. The lowest BCUT2D eigenvalue weighted by Crippen LogP contribution is -2.17. The Hall–Kier alpha value is -1.82. The minimum absolute atomic E-state index is 0.0172. The molecular weight excluding hydrogens is 244 g/mol. The first-order valence-electron chi connectivity index (χ1n) is 6.49. The summed E-state index contributed by atoms with van der Waals surface area (Å²) >= 11 is 0. The van der Waals surface area contributed by atoms with Crippen LogP contribution in [-0.4, -0.2) is 16.7 Å². The fraction of sp³-hybridized carbons (Fsp3) is 0.538. The van der Waals surface area contributed by atoms with Crippen LogP contribution in [0.4, 0.5) is 6.01 Å². The lowest BCUT2D eigenvalue weighted by atomic mass is 10.2. The number of aromatic nitrogens is 2. The molecule has 0 spiro atoms. The van der Waals surface area contributed by atoms with Crippen molar-refractivity contribution in [1.29, 1.82) is 0 Å². The van der Waals surface area contributed by atoms with E-state index in [-0.39, 0.29) is 12.1 Å². The van der Waals surface area contributed by atoms with Crippen LogP contribution < -0.4 is 10.6 Å². The van der Waals surface area contributed by atoms with Crippen LogP contribution in [0.3, 0.4) is 0 Å². The van der Waals surface area contributed by atoms with Crippen molar-refractivity contribution in [3.8, 4) is 0 Å². The highest BCUT2D eigenvalue weighted by atomic mass is 16.4. The number of anilines is 1. The van der Waals surface area contributed by atoms with Gasteiger partial charge in [-0.25, -0.2) is 0 Å². The monoisotopic (exact) mass is 264 g/mol. The van der Waals surface area contributed by atoms with Crippen LogP contribution in [-0.2, 0) is 0 Å². The van der Waals surface area contributed by atoms with Crippen LogP contribution >= 0.6 is 0 Å². The molecule has 6 heteroatoms. The Bertz CT molecular complexity index is 520. The molecule has 2 atom stereocenters. The quantitative estimate of drug-likeness (QED) is 0.835. The molecular formula is C13H20N4O2. The number of aryl methyl sites for hydroxylation is 1. The summed E-state index contributed by atoms with van der Waals surface area (Å²) < 4.78 is 11.1. The Morgan fingerprint density at radius 3 is 2.58 bits per heavy atom. The predicted molar refractivity (Wildman–Crippen MR) is 71.9 cm³/mol. The third-order valence-corrected chi connectivity index (χ3v) is 2.85. The average Bonchev–Trinajstić information content (AvgIpc) is 2.98. The molecule has 6 nitrogen and oxygen atoms in total. The van der Waals surface area contributed by atoms with Crippen molar-refractivity contribution in [2.24, 2.45) is 0 Å². The van der Waals surface area contributed by atoms with Crippen molar-refractivity contribution in [1.82, 2.24) is 15.5 Å². The van der Waals surface area contributed by atoms with Gasteiger partial charge in [0, 0.05) is 0 Å². The molecule has 2 N–H and O–H groups in total. The Morgan fingerprint density at radius 2 is 1.95 bits per heavy atom. The van der Waals surface area contributed by atoms with Crippen molar-refractivity contribution in [3.05, 3.63) is 29.5 Å². The van der Waals surface area contributed by atoms with Crippen molar-refractivity contribution in [2.45, 2.75) is 39.8 Å². The van der Waals surface area contributed by atoms with E-state index in [1.165, 1.54) is 0 Å². The molecule has 19 heavy (non-hydrogen) atoms. The van der Waals surface area contributed by atoms with Crippen LogP contribution in [0.5, 0.6) is 0 Å². The van der Waals surface area contributed by atoms with Crippen LogP contribution in [0.15, 0.2) is 21.0 Å². The van der Waals surface area contributed by atoms with E-state index in [1.54, 1.807) is 0 Å². The zero-order chi connectivity index (χ0) is 13.8. The largest absolute Gasteiger partial charge is 0.464 e. The highest BCUT2D eigenvalue weighted by Gasteiger charge is 2.16. The Balaban J connectivity index is 1.99. The number of nitrogens with zero attached hydrogens (tertiary/aromatic N) is 2. The van der Waals surface area contributed by atoms with Gasteiger partial charge in [0.2, 0.25) is 5.89 Å². The summed E-state index contributed by atoms with van der Waals surface area (Å²) in [6.45, 7) is 8.77. The highest BCUT2D eigenvalue weighted by Crippen LogP contribution is 2.21. The van der Waals surface area contributed by atoms with Gasteiger partial charge in [0.1, 0.15) is 11.5 Å².